The maximum absolute atomic E-state index is 12.3. The van der Waals surface area contributed by atoms with Crippen molar-refractivity contribution < 1.29 is 15.0 Å². The minimum atomic E-state index is -1.34. The molecule has 3 heteroatoms. The largest absolute Gasteiger partial charge is 0.396 e. The Hall–Kier alpha value is -0.670. The molecule has 3 aliphatic rings. The number of aliphatic hydroxyl groups excluding tert-OH is 1. The lowest BCUT2D eigenvalue weighted by molar-refractivity contribution is -0.162. The highest BCUT2D eigenvalue weighted by molar-refractivity contribution is 5.93. The highest BCUT2D eigenvalue weighted by Gasteiger charge is 2.72. The molecule has 18 heavy (non-hydrogen) atoms. The summed E-state index contributed by atoms with van der Waals surface area (Å²) in [4.78, 5) is 12.3. The molecule has 2 fully saturated rings. The monoisotopic (exact) mass is 250 g/mol. The lowest BCUT2D eigenvalue weighted by atomic mass is 9.51. The number of carbonyl (C=O) groups is 1. The summed E-state index contributed by atoms with van der Waals surface area (Å²) in [5.41, 5.74) is -1.14. The molecule has 0 heterocycles. The number of hydrogen-bond donors (Lipinski definition) is 2. The second kappa shape index (κ2) is 3.26. The summed E-state index contributed by atoms with van der Waals surface area (Å²) in [5, 5.41) is 20.7. The summed E-state index contributed by atoms with van der Waals surface area (Å²) in [6, 6.07) is 0. The first-order valence-electron chi connectivity index (χ1n) is 6.87. The quantitative estimate of drug-likeness (QED) is 0.696. The van der Waals surface area contributed by atoms with Crippen molar-refractivity contribution in [1.82, 2.24) is 0 Å². The highest BCUT2D eigenvalue weighted by atomic mass is 16.3. The Balaban J connectivity index is 2.20. The summed E-state index contributed by atoms with van der Waals surface area (Å²) in [5.74, 6) is 0.732. The van der Waals surface area contributed by atoms with Crippen LogP contribution >= 0.6 is 0 Å². The average Bonchev–Trinajstić information content (AvgIpc) is 2.71. The van der Waals surface area contributed by atoms with Gasteiger partial charge in [0.25, 0.3) is 0 Å². The van der Waals surface area contributed by atoms with Gasteiger partial charge < -0.3 is 10.2 Å². The van der Waals surface area contributed by atoms with E-state index in [9.17, 15) is 15.0 Å². The lowest BCUT2D eigenvalue weighted by Crippen LogP contribution is -2.59. The van der Waals surface area contributed by atoms with E-state index in [1.165, 1.54) is 5.57 Å². The van der Waals surface area contributed by atoms with E-state index >= 15 is 0 Å². The van der Waals surface area contributed by atoms with Crippen molar-refractivity contribution in [2.45, 2.75) is 45.6 Å². The van der Waals surface area contributed by atoms with E-state index in [0.717, 1.165) is 6.42 Å². The molecular formula is C15H22O3. The van der Waals surface area contributed by atoms with Crippen molar-refractivity contribution in [3.05, 3.63) is 11.6 Å². The fraction of sp³-hybridized carbons (Fsp3) is 0.800. The topological polar surface area (TPSA) is 57.5 Å². The molecule has 2 saturated carbocycles. The van der Waals surface area contributed by atoms with Crippen molar-refractivity contribution >= 4 is 5.78 Å². The van der Waals surface area contributed by atoms with Crippen LogP contribution in [0.5, 0.6) is 0 Å². The summed E-state index contributed by atoms with van der Waals surface area (Å²) < 4.78 is 0. The Morgan fingerprint density at radius 3 is 2.72 bits per heavy atom. The van der Waals surface area contributed by atoms with E-state index in [1.54, 1.807) is 0 Å². The van der Waals surface area contributed by atoms with Crippen molar-refractivity contribution in [3.8, 4) is 0 Å². The first-order chi connectivity index (χ1) is 8.30. The van der Waals surface area contributed by atoms with Gasteiger partial charge in [-0.3, -0.25) is 4.79 Å². The van der Waals surface area contributed by atoms with E-state index in [-0.39, 0.29) is 17.8 Å². The van der Waals surface area contributed by atoms with Crippen LogP contribution in [0.3, 0.4) is 0 Å². The van der Waals surface area contributed by atoms with Crippen LogP contribution in [0, 0.1) is 22.7 Å². The third-order valence-corrected chi connectivity index (χ3v) is 6.37. The fourth-order valence-electron chi connectivity index (χ4n) is 4.69. The molecule has 0 aromatic heterocycles. The molecule has 5 atom stereocenters. The van der Waals surface area contributed by atoms with E-state index in [0.29, 0.717) is 24.7 Å². The Labute approximate surface area is 108 Å². The smallest absolute Gasteiger partial charge is 0.165 e. The third kappa shape index (κ3) is 1.03. The summed E-state index contributed by atoms with van der Waals surface area (Å²) in [7, 11) is 0. The van der Waals surface area contributed by atoms with Gasteiger partial charge in [0.15, 0.2) is 5.78 Å². The number of Topliss-reactive ketones (excluding diaryl/α,β-unsaturated/α-hetero) is 1. The summed E-state index contributed by atoms with van der Waals surface area (Å²) in [6.07, 6.45) is 4.14. The zero-order valence-corrected chi connectivity index (χ0v) is 11.4. The number of carbonyl (C=O) groups excluding carboxylic acids is 1. The van der Waals surface area contributed by atoms with Crippen LogP contribution in [0.25, 0.3) is 0 Å². The number of allylic oxidation sites excluding steroid dienone is 2. The standard InChI is InChI=1S/C15H22O3/c1-9-4-5-11-10(9)6-15(18)12(17)7-13(11,2)14(15,3)8-16/h5,9-10,16,18H,4,6-8H2,1-3H3/t9-,10+,13-,14+,15-/m0/s1. The van der Waals surface area contributed by atoms with Gasteiger partial charge in [0.2, 0.25) is 0 Å². The van der Waals surface area contributed by atoms with E-state index < -0.39 is 11.0 Å². The Morgan fingerprint density at radius 1 is 1.44 bits per heavy atom. The van der Waals surface area contributed by atoms with E-state index in [4.69, 9.17) is 0 Å². The molecule has 0 aromatic carbocycles. The van der Waals surface area contributed by atoms with Crippen molar-refractivity contribution in [2.24, 2.45) is 22.7 Å². The molecule has 0 aromatic rings. The van der Waals surface area contributed by atoms with Gasteiger partial charge in [0, 0.05) is 17.3 Å². The van der Waals surface area contributed by atoms with Crippen molar-refractivity contribution in [1.29, 1.82) is 0 Å². The second-order valence-electron chi connectivity index (χ2n) is 6.97. The molecule has 0 amide bonds. The summed E-state index contributed by atoms with van der Waals surface area (Å²) in [6.45, 7) is 5.98. The first kappa shape index (κ1) is 12.4. The summed E-state index contributed by atoms with van der Waals surface area (Å²) >= 11 is 0. The SMILES string of the molecule is C[C@H]1CC=C2[C@@H]1C[C@]1(O)C(=O)C[C@]2(C)[C@@]1(C)CO. The molecule has 0 radical (unpaired) electrons. The number of aliphatic hydroxyl groups is 2. The molecule has 0 aliphatic heterocycles. The molecule has 0 unspecified atom stereocenters. The van der Waals surface area contributed by atoms with Gasteiger partial charge in [-0.15, -0.1) is 0 Å². The highest BCUT2D eigenvalue weighted by Crippen LogP contribution is 2.69. The van der Waals surface area contributed by atoms with Crippen LogP contribution in [0.1, 0.15) is 40.0 Å². The van der Waals surface area contributed by atoms with Gasteiger partial charge >= 0.3 is 0 Å². The van der Waals surface area contributed by atoms with Crippen molar-refractivity contribution in [2.75, 3.05) is 6.61 Å². The molecule has 3 nitrogen and oxygen atoms in total. The molecule has 3 aliphatic carbocycles. The number of ketones is 1. The number of rotatable bonds is 1. The Bertz CT molecular complexity index is 455. The molecule has 2 N–H and O–H groups in total. The minimum Gasteiger partial charge on any atom is -0.396 e. The Morgan fingerprint density at radius 2 is 2.11 bits per heavy atom. The van der Waals surface area contributed by atoms with Gasteiger partial charge in [0.05, 0.1) is 6.61 Å². The van der Waals surface area contributed by atoms with Gasteiger partial charge in [-0.1, -0.05) is 32.4 Å². The minimum absolute atomic E-state index is 0.0796. The van der Waals surface area contributed by atoms with Gasteiger partial charge in [-0.05, 0) is 24.7 Å². The number of hydrogen-bond acceptors (Lipinski definition) is 3. The van der Waals surface area contributed by atoms with Crippen LogP contribution < -0.4 is 0 Å². The second-order valence-corrected chi connectivity index (χ2v) is 6.97. The predicted molar refractivity (Wildman–Crippen MR) is 67.8 cm³/mol. The van der Waals surface area contributed by atoms with Crippen LogP contribution in [0.15, 0.2) is 11.6 Å². The normalized spacial score (nSPS) is 54.5. The first-order valence-corrected chi connectivity index (χ1v) is 6.87. The Kier molecular flexibility index (Phi) is 2.24. The molecule has 0 spiro atoms. The van der Waals surface area contributed by atoms with E-state index in [2.05, 4.69) is 19.9 Å². The van der Waals surface area contributed by atoms with Crippen molar-refractivity contribution in [3.63, 3.8) is 0 Å². The zero-order chi connectivity index (χ0) is 13.3. The number of fused-ring (bicyclic) bond motifs is 4. The lowest BCUT2D eigenvalue weighted by Gasteiger charge is -2.54. The van der Waals surface area contributed by atoms with Crippen LogP contribution in [-0.2, 0) is 4.79 Å². The van der Waals surface area contributed by atoms with Gasteiger partial charge in [-0.25, -0.2) is 0 Å². The predicted octanol–water partition coefficient (Wildman–Crippen LogP) is 1.68. The maximum atomic E-state index is 12.3. The molecule has 2 bridgehead atoms. The van der Waals surface area contributed by atoms with Crippen LogP contribution in [0.2, 0.25) is 0 Å². The van der Waals surface area contributed by atoms with Crippen LogP contribution in [0.4, 0.5) is 0 Å². The molecule has 100 valence electrons. The van der Waals surface area contributed by atoms with E-state index in [1.807, 2.05) is 6.92 Å². The molecular weight excluding hydrogens is 228 g/mol. The van der Waals surface area contributed by atoms with Gasteiger partial charge in [-0.2, -0.15) is 0 Å². The average molecular weight is 250 g/mol. The van der Waals surface area contributed by atoms with Gasteiger partial charge in [0.1, 0.15) is 5.60 Å². The molecule has 0 saturated heterocycles. The molecule has 3 rings (SSSR count). The third-order valence-electron chi connectivity index (χ3n) is 6.37. The zero-order valence-electron chi connectivity index (χ0n) is 11.4. The maximum Gasteiger partial charge on any atom is 0.165 e. The van der Waals surface area contributed by atoms with Crippen LogP contribution in [-0.4, -0.2) is 28.2 Å². The fourth-order valence-corrected chi connectivity index (χ4v) is 4.69.